The third-order valence-electron chi connectivity index (χ3n) is 3.27. The summed E-state index contributed by atoms with van der Waals surface area (Å²) in [4.78, 5) is 0. The zero-order valence-corrected chi connectivity index (χ0v) is 17.0. The van der Waals surface area contributed by atoms with Gasteiger partial charge in [0.2, 0.25) is 0 Å². The van der Waals surface area contributed by atoms with E-state index in [1.807, 2.05) is 0 Å². The number of benzene rings is 2. The topological polar surface area (TPSA) is 55.8 Å². The van der Waals surface area contributed by atoms with E-state index < -0.39 is 12.0 Å². The summed E-state index contributed by atoms with van der Waals surface area (Å²) in [6, 6.07) is 12.0. The summed E-state index contributed by atoms with van der Waals surface area (Å²) in [5.41, 5.74) is 1.33. The second-order valence-corrected chi connectivity index (χ2v) is 9.88. The van der Waals surface area contributed by atoms with Crippen LogP contribution in [0.1, 0.15) is 30.2 Å². The van der Waals surface area contributed by atoms with Crippen molar-refractivity contribution in [1.82, 2.24) is 0 Å². The summed E-state index contributed by atoms with van der Waals surface area (Å²) in [5.74, 6) is 0.0885. The maximum Gasteiger partial charge on any atom is 0.390 e. The molecule has 1 unspecified atom stereocenters. The SMILES string of the molecule is CCOP(=O)(OCC)SC(c1ccc(Cl)c(Cl)c1)c1ccccc1O. The predicted octanol–water partition coefficient (Wildman–Crippen LogP) is 6.70. The fourth-order valence-corrected chi connectivity index (χ4v) is 6.68. The number of hydrogen-bond donors (Lipinski definition) is 1. The van der Waals surface area contributed by atoms with Gasteiger partial charge < -0.3 is 14.2 Å². The van der Waals surface area contributed by atoms with E-state index in [-0.39, 0.29) is 19.0 Å². The van der Waals surface area contributed by atoms with Gasteiger partial charge in [-0.3, -0.25) is 0 Å². The van der Waals surface area contributed by atoms with Crippen molar-refractivity contribution in [2.75, 3.05) is 13.2 Å². The standard InChI is InChI=1S/C17H19Cl2O4PS/c1-3-22-24(21,23-4-2)25-17(13-7-5-6-8-16(13)20)12-9-10-14(18)15(19)11-12/h5-11,17,20H,3-4H2,1-2H3. The van der Waals surface area contributed by atoms with Crippen molar-refractivity contribution in [2.45, 2.75) is 19.1 Å². The first kappa shape index (κ1) is 20.6. The average Bonchev–Trinajstić information content (AvgIpc) is 2.57. The second-order valence-electron chi connectivity index (χ2n) is 5.00. The third-order valence-corrected chi connectivity index (χ3v) is 8.20. The number of phenolic OH excluding ortho intramolecular Hbond substituents is 1. The van der Waals surface area contributed by atoms with Crippen LogP contribution in [0, 0.1) is 0 Å². The average molecular weight is 421 g/mol. The number of hydrogen-bond acceptors (Lipinski definition) is 5. The van der Waals surface area contributed by atoms with E-state index in [1.165, 1.54) is 0 Å². The molecule has 2 rings (SSSR count). The Balaban J connectivity index is 2.50. The normalized spacial score (nSPS) is 13.0. The molecular weight excluding hydrogens is 402 g/mol. The molecule has 8 heteroatoms. The Morgan fingerprint density at radius 1 is 1.08 bits per heavy atom. The lowest BCUT2D eigenvalue weighted by Crippen LogP contribution is -2.01. The Hall–Kier alpha value is -0.680. The lowest BCUT2D eigenvalue weighted by molar-refractivity contribution is 0.236. The van der Waals surface area contributed by atoms with Gasteiger partial charge in [-0.15, -0.1) is 0 Å². The fourth-order valence-electron chi connectivity index (χ4n) is 2.23. The molecule has 1 N–H and O–H groups in total. The molecule has 0 heterocycles. The van der Waals surface area contributed by atoms with Gasteiger partial charge in [-0.1, -0.05) is 47.5 Å². The maximum atomic E-state index is 13.0. The molecule has 0 aliphatic rings. The molecule has 0 aliphatic heterocycles. The van der Waals surface area contributed by atoms with Crippen molar-refractivity contribution in [3.63, 3.8) is 0 Å². The molecule has 0 radical (unpaired) electrons. The van der Waals surface area contributed by atoms with Crippen LogP contribution in [0.2, 0.25) is 10.0 Å². The monoisotopic (exact) mass is 420 g/mol. The quantitative estimate of drug-likeness (QED) is 0.481. The highest BCUT2D eigenvalue weighted by Crippen LogP contribution is 2.67. The lowest BCUT2D eigenvalue weighted by Gasteiger charge is -2.24. The van der Waals surface area contributed by atoms with Crippen molar-refractivity contribution in [3.05, 3.63) is 63.6 Å². The van der Waals surface area contributed by atoms with Gasteiger partial charge in [0.15, 0.2) is 0 Å². The van der Waals surface area contributed by atoms with Gasteiger partial charge in [-0.25, -0.2) is 4.57 Å². The fraction of sp³-hybridized carbons (Fsp3) is 0.294. The van der Waals surface area contributed by atoms with E-state index in [0.717, 1.165) is 16.9 Å². The minimum absolute atomic E-state index is 0.0885. The zero-order valence-electron chi connectivity index (χ0n) is 13.8. The van der Waals surface area contributed by atoms with Gasteiger partial charge in [0, 0.05) is 5.56 Å². The van der Waals surface area contributed by atoms with E-state index in [1.54, 1.807) is 56.3 Å². The molecule has 2 aromatic carbocycles. The minimum Gasteiger partial charge on any atom is -0.508 e. The summed E-state index contributed by atoms with van der Waals surface area (Å²) in [6.45, 7) is 0.575. The summed E-state index contributed by atoms with van der Waals surface area (Å²) >= 11 is 13.2. The van der Waals surface area contributed by atoms with Crippen molar-refractivity contribution in [3.8, 4) is 5.75 Å². The highest BCUT2D eigenvalue weighted by atomic mass is 35.5. The second kappa shape index (κ2) is 9.31. The Morgan fingerprint density at radius 3 is 2.28 bits per heavy atom. The molecule has 136 valence electrons. The van der Waals surface area contributed by atoms with Gasteiger partial charge in [-0.05, 0) is 49.0 Å². The molecule has 0 saturated heterocycles. The van der Waals surface area contributed by atoms with Crippen molar-refractivity contribution in [2.24, 2.45) is 0 Å². The highest BCUT2D eigenvalue weighted by molar-refractivity contribution is 8.55. The molecule has 0 aromatic heterocycles. The van der Waals surface area contributed by atoms with Crippen LogP contribution < -0.4 is 0 Å². The lowest BCUT2D eigenvalue weighted by atomic mass is 10.0. The van der Waals surface area contributed by atoms with Crippen LogP contribution in [0.15, 0.2) is 42.5 Å². The van der Waals surface area contributed by atoms with Gasteiger partial charge >= 0.3 is 6.80 Å². The van der Waals surface area contributed by atoms with E-state index >= 15 is 0 Å². The van der Waals surface area contributed by atoms with Gasteiger partial charge in [-0.2, -0.15) is 0 Å². The van der Waals surface area contributed by atoms with Crippen LogP contribution in [-0.2, 0) is 13.6 Å². The largest absolute Gasteiger partial charge is 0.508 e. The molecule has 0 fully saturated rings. The number of aromatic hydroxyl groups is 1. The van der Waals surface area contributed by atoms with Gasteiger partial charge in [0.05, 0.1) is 28.5 Å². The van der Waals surface area contributed by atoms with Crippen LogP contribution in [0.4, 0.5) is 0 Å². The van der Waals surface area contributed by atoms with E-state index in [0.29, 0.717) is 15.6 Å². The number of para-hydroxylation sites is 1. The molecule has 0 saturated carbocycles. The molecule has 2 aromatic rings. The zero-order chi connectivity index (χ0) is 18.4. The first-order valence-electron chi connectivity index (χ1n) is 7.70. The van der Waals surface area contributed by atoms with Crippen LogP contribution in [0.25, 0.3) is 0 Å². The smallest absolute Gasteiger partial charge is 0.390 e. The van der Waals surface area contributed by atoms with E-state index in [4.69, 9.17) is 32.2 Å². The first-order valence-corrected chi connectivity index (χ1v) is 11.5. The maximum absolute atomic E-state index is 13.0. The Labute approximate surface area is 161 Å². The van der Waals surface area contributed by atoms with E-state index in [2.05, 4.69) is 0 Å². The third kappa shape index (κ3) is 5.40. The summed E-state index contributed by atoms with van der Waals surface area (Å²) < 4.78 is 23.8. The molecule has 0 spiro atoms. The Kier molecular flexibility index (Phi) is 7.68. The van der Waals surface area contributed by atoms with Crippen molar-refractivity contribution < 1.29 is 18.7 Å². The number of phenols is 1. The Morgan fingerprint density at radius 2 is 1.72 bits per heavy atom. The number of halogens is 2. The molecule has 0 aliphatic carbocycles. The molecule has 1 atom stereocenters. The van der Waals surface area contributed by atoms with Crippen LogP contribution >= 0.6 is 41.4 Å². The first-order chi connectivity index (χ1) is 11.9. The van der Waals surface area contributed by atoms with Crippen LogP contribution in [0.3, 0.4) is 0 Å². The van der Waals surface area contributed by atoms with Gasteiger partial charge in [0.1, 0.15) is 5.75 Å². The van der Waals surface area contributed by atoms with Crippen LogP contribution in [0.5, 0.6) is 5.75 Å². The molecule has 0 bridgehead atoms. The predicted molar refractivity (Wildman–Crippen MR) is 105 cm³/mol. The molecule has 25 heavy (non-hydrogen) atoms. The molecular formula is C17H19Cl2O4PS. The summed E-state index contributed by atoms with van der Waals surface area (Å²) in [6.07, 6.45) is 0. The minimum atomic E-state index is -3.42. The highest BCUT2D eigenvalue weighted by Gasteiger charge is 2.33. The summed E-state index contributed by atoms with van der Waals surface area (Å²) in [5, 5.41) is 10.6. The molecule has 0 amide bonds. The van der Waals surface area contributed by atoms with Crippen LogP contribution in [-0.4, -0.2) is 18.3 Å². The number of rotatable bonds is 8. The van der Waals surface area contributed by atoms with Gasteiger partial charge in [0.25, 0.3) is 0 Å². The summed E-state index contributed by atoms with van der Waals surface area (Å²) in [7, 11) is 0. The van der Waals surface area contributed by atoms with E-state index in [9.17, 15) is 9.67 Å². The molecule has 4 nitrogen and oxygen atoms in total. The van der Waals surface area contributed by atoms with Crippen molar-refractivity contribution >= 4 is 41.4 Å². The van der Waals surface area contributed by atoms with Crippen molar-refractivity contribution in [1.29, 1.82) is 0 Å². The Bertz CT molecular complexity index is 762.